The molecule has 4 rings (SSSR count). The number of carbonyl (C=O) groups excluding carboxylic acids is 1. The lowest BCUT2D eigenvalue weighted by atomic mass is 9.85. The molecule has 1 amide bonds. The number of hydrogen-bond acceptors (Lipinski definition) is 3. The molecule has 1 aromatic heterocycles. The van der Waals surface area contributed by atoms with Crippen LogP contribution < -0.4 is 5.73 Å². The van der Waals surface area contributed by atoms with Crippen LogP contribution in [-0.4, -0.2) is 34.1 Å². The highest BCUT2D eigenvalue weighted by molar-refractivity contribution is 5.76. The van der Waals surface area contributed by atoms with Crippen molar-refractivity contribution in [1.29, 1.82) is 0 Å². The molecule has 2 heterocycles. The molecule has 0 saturated heterocycles. The number of unbranched alkanes of at least 4 members (excludes halogenated alkanes) is 2. The Kier molecular flexibility index (Phi) is 6.60. The summed E-state index contributed by atoms with van der Waals surface area (Å²) in [4.78, 5) is 14.8. The first kappa shape index (κ1) is 20.4. The van der Waals surface area contributed by atoms with Crippen LogP contribution in [0.2, 0.25) is 0 Å². The second-order valence-electron chi connectivity index (χ2n) is 7.98. The van der Waals surface area contributed by atoms with E-state index in [1.165, 1.54) is 16.7 Å². The Morgan fingerprint density at radius 2 is 1.67 bits per heavy atom. The van der Waals surface area contributed by atoms with Gasteiger partial charge in [-0.2, -0.15) is 5.10 Å². The van der Waals surface area contributed by atoms with E-state index < -0.39 is 0 Å². The number of amides is 1. The summed E-state index contributed by atoms with van der Waals surface area (Å²) in [6, 6.07) is 21.0. The van der Waals surface area contributed by atoms with Gasteiger partial charge in [-0.25, -0.2) is 0 Å². The highest BCUT2D eigenvalue weighted by Gasteiger charge is 2.29. The number of hydrogen-bond donors (Lipinski definition) is 2. The van der Waals surface area contributed by atoms with Crippen molar-refractivity contribution in [3.63, 3.8) is 0 Å². The average Bonchev–Trinajstić information content (AvgIpc) is 3.21. The number of nitrogens with zero attached hydrogens (tertiary/aromatic N) is 2. The molecular weight excluding hydrogens is 372 g/mol. The molecule has 1 aliphatic heterocycles. The van der Waals surface area contributed by atoms with E-state index in [4.69, 9.17) is 10.8 Å². The van der Waals surface area contributed by atoms with Crippen LogP contribution in [0.1, 0.15) is 59.7 Å². The molecule has 5 nitrogen and oxygen atoms in total. The van der Waals surface area contributed by atoms with Gasteiger partial charge in [0.25, 0.3) is 0 Å². The third kappa shape index (κ3) is 4.46. The van der Waals surface area contributed by atoms with Crippen molar-refractivity contribution in [3.05, 3.63) is 88.7 Å². The van der Waals surface area contributed by atoms with E-state index in [2.05, 4.69) is 53.6 Å². The molecule has 0 saturated carbocycles. The number of fused-ring (bicyclic) bond motifs is 1. The number of nitrogens with two attached hydrogens (primary N) is 1. The van der Waals surface area contributed by atoms with Gasteiger partial charge in [-0.1, -0.05) is 67.1 Å². The van der Waals surface area contributed by atoms with Crippen molar-refractivity contribution < 1.29 is 4.79 Å². The predicted molar refractivity (Wildman–Crippen MR) is 119 cm³/mol. The third-order valence-corrected chi connectivity index (χ3v) is 5.95. The lowest BCUT2D eigenvalue weighted by molar-refractivity contribution is -0.132. The standard InChI is InChI=1S/C25H30N4O/c26-16-9-3-8-14-23(30)29-17-15-22-21(18-29)25(28-27-22)24(19-10-4-1-5-11-19)20-12-6-2-7-13-20/h1-2,4-7,10-13,24H,3,8-9,14-18,26H2,(H,27,28). The van der Waals surface area contributed by atoms with Crippen LogP contribution in [0.3, 0.4) is 0 Å². The second kappa shape index (κ2) is 9.72. The van der Waals surface area contributed by atoms with E-state index in [1.807, 2.05) is 17.0 Å². The summed E-state index contributed by atoms with van der Waals surface area (Å²) < 4.78 is 0. The van der Waals surface area contributed by atoms with Gasteiger partial charge in [-0.15, -0.1) is 0 Å². The Bertz CT molecular complexity index is 912. The Morgan fingerprint density at radius 1 is 1.00 bits per heavy atom. The highest BCUT2D eigenvalue weighted by atomic mass is 16.2. The van der Waals surface area contributed by atoms with Crippen LogP contribution in [-0.2, 0) is 17.8 Å². The second-order valence-corrected chi connectivity index (χ2v) is 7.98. The number of nitrogens with one attached hydrogen (secondary N) is 1. The fourth-order valence-corrected chi connectivity index (χ4v) is 4.32. The molecule has 0 atom stereocenters. The zero-order valence-electron chi connectivity index (χ0n) is 17.4. The molecule has 2 aromatic carbocycles. The Morgan fingerprint density at radius 3 is 2.30 bits per heavy atom. The fraction of sp³-hybridized carbons (Fsp3) is 0.360. The predicted octanol–water partition coefficient (Wildman–Crippen LogP) is 3.99. The molecule has 0 aliphatic carbocycles. The first-order chi connectivity index (χ1) is 14.8. The summed E-state index contributed by atoms with van der Waals surface area (Å²) in [6.45, 7) is 2.08. The van der Waals surface area contributed by atoms with Crippen molar-refractivity contribution in [3.8, 4) is 0 Å². The van der Waals surface area contributed by atoms with Crippen molar-refractivity contribution in [2.24, 2.45) is 5.73 Å². The largest absolute Gasteiger partial charge is 0.338 e. The molecular formula is C25H30N4O. The Balaban J connectivity index is 1.60. The Labute approximate surface area is 178 Å². The van der Waals surface area contributed by atoms with Crippen molar-refractivity contribution >= 4 is 5.91 Å². The summed E-state index contributed by atoms with van der Waals surface area (Å²) in [5, 5.41) is 8.02. The molecule has 30 heavy (non-hydrogen) atoms. The zero-order chi connectivity index (χ0) is 20.8. The Hall–Kier alpha value is -2.92. The minimum atomic E-state index is 0.0482. The summed E-state index contributed by atoms with van der Waals surface area (Å²) in [6.07, 6.45) is 4.34. The molecule has 1 aliphatic rings. The van der Waals surface area contributed by atoms with E-state index in [1.54, 1.807) is 0 Å². The van der Waals surface area contributed by atoms with Gasteiger partial charge >= 0.3 is 0 Å². The molecule has 3 N–H and O–H groups in total. The zero-order valence-corrected chi connectivity index (χ0v) is 17.4. The molecule has 0 fully saturated rings. The first-order valence-electron chi connectivity index (χ1n) is 10.9. The van der Waals surface area contributed by atoms with Crippen LogP contribution in [0.15, 0.2) is 60.7 Å². The van der Waals surface area contributed by atoms with Gasteiger partial charge < -0.3 is 10.6 Å². The average molecular weight is 403 g/mol. The van der Waals surface area contributed by atoms with Gasteiger partial charge in [-0.05, 0) is 30.5 Å². The van der Waals surface area contributed by atoms with E-state index in [-0.39, 0.29) is 11.8 Å². The van der Waals surface area contributed by atoms with E-state index in [0.717, 1.165) is 43.6 Å². The summed E-state index contributed by atoms with van der Waals surface area (Å²) in [5.74, 6) is 0.285. The van der Waals surface area contributed by atoms with Gasteiger partial charge in [0.05, 0.1) is 11.6 Å². The maximum absolute atomic E-state index is 12.8. The lowest BCUT2D eigenvalue weighted by Crippen LogP contribution is -2.36. The lowest BCUT2D eigenvalue weighted by Gasteiger charge is -2.28. The molecule has 3 aromatic rings. The van der Waals surface area contributed by atoms with Crippen molar-refractivity contribution in [1.82, 2.24) is 15.1 Å². The maximum atomic E-state index is 12.8. The van der Waals surface area contributed by atoms with Gasteiger partial charge in [0.1, 0.15) is 0 Å². The minimum absolute atomic E-state index is 0.0482. The first-order valence-corrected chi connectivity index (χ1v) is 10.9. The molecule has 0 bridgehead atoms. The smallest absolute Gasteiger partial charge is 0.222 e. The molecule has 0 spiro atoms. The number of rotatable bonds is 8. The quantitative estimate of drug-likeness (QED) is 0.559. The van der Waals surface area contributed by atoms with Crippen molar-refractivity contribution in [2.45, 2.75) is 44.6 Å². The van der Waals surface area contributed by atoms with Gasteiger partial charge in [0, 0.05) is 37.2 Å². The van der Waals surface area contributed by atoms with Crippen molar-refractivity contribution in [2.75, 3.05) is 13.1 Å². The van der Waals surface area contributed by atoms with Gasteiger partial charge in [0.15, 0.2) is 0 Å². The molecule has 156 valence electrons. The van der Waals surface area contributed by atoms with Crippen LogP contribution in [0, 0.1) is 0 Å². The number of aromatic nitrogens is 2. The van der Waals surface area contributed by atoms with E-state index in [9.17, 15) is 4.79 Å². The van der Waals surface area contributed by atoms with Gasteiger partial charge in [-0.3, -0.25) is 9.89 Å². The summed E-state index contributed by atoms with van der Waals surface area (Å²) >= 11 is 0. The fourth-order valence-electron chi connectivity index (χ4n) is 4.32. The van der Waals surface area contributed by atoms with E-state index >= 15 is 0 Å². The molecule has 0 unspecified atom stereocenters. The highest BCUT2D eigenvalue weighted by Crippen LogP contribution is 2.35. The maximum Gasteiger partial charge on any atom is 0.222 e. The number of aromatic amines is 1. The number of H-pyrrole nitrogens is 1. The third-order valence-electron chi connectivity index (χ3n) is 5.95. The molecule has 0 radical (unpaired) electrons. The number of benzene rings is 2. The van der Waals surface area contributed by atoms with Crippen LogP contribution in [0.25, 0.3) is 0 Å². The normalized spacial score (nSPS) is 13.5. The van der Waals surface area contributed by atoms with Crippen LogP contribution in [0.5, 0.6) is 0 Å². The minimum Gasteiger partial charge on any atom is -0.338 e. The van der Waals surface area contributed by atoms with Gasteiger partial charge in [0.2, 0.25) is 5.91 Å². The summed E-state index contributed by atoms with van der Waals surface area (Å²) in [5.41, 5.74) is 11.4. The molecule has 5 heteroatoms. The van der Waals surface area contributed by atoms with Crippen LogP contribution in [0.4, 0.5) is 0 Å². The SMILES string of the molecule is NCCCCCC(=O)N1CCc2[nH]nc(C(c3ccccc3)c3ccccc3)c2C1. The summed E-state index contributed by atoms with van der Waals surface area (Å²) in [7, 11) is 0. The van der Waals surface area contributed by atoms with Crippen LogP contribution >= 0.6 is 0 Å². The number of carbonyl (C=O) groups is 1. The topological polar surface area (TPSA) is 75.0 Å². The monoisotopic (exact) mass is 402 g/mol. The van der Waals surface area contributed by atoms with E-state index in [0.29, 0.717) is 19.5 Å².